The van der Waals surface area contributed by atoms with Crippen molar-refractivity contribution in [1.82, 2.24) is 10.3 Å². The molecule has 1 aromatic heterocycles. The topological polar surface area (TPSA) is 97.5 Å². The Labute approximate surface area is 217 Å². The van der Waals surface area contributed by atoms with Gasteiger partial charge in [0, 0.05) is 29.3 Å². The van der Waals surface area contributed by atoms with Crippen LogP contribution in [-0.2, 0) is 4.79 Å². The molecule has 0 radical (unpaired) electrons. The molecule has 36 heavy (non-hydrogen) atoms. The highest BCUT2D eigenvalue weighted by Crippen LogP contribution is 2.41. The number of nitrogens with one attached hydrogen (secondary N) is 1. The highest BCUT2D eigenvalue weighted by molar-refractivity contribution is 6.30. The average molecular weight is 511 g/mol. The number of benzene rings is 1. The Kier molecular flexibility index (Phi) is 6.86. The number of carbonyl (C=O) groups is 2. The minimum Gasteiger partial charge on any atom is -0.478 e. The summed E-state index contributed by atoms with van der Waals surface area (Å²) in [6, 6.07) is 10.0. The van der Waals surface area contributed by atoms with Crippen LogP contribution in [0.4, 0.5) is 5.82 Å². The van der Waals surface area contributed by atoms with E-state index in [1.807, 2.05) is 38.1 Å². The molecular formula is C28H35ClN4O3. The van der Waals surface area contributed by atoms with Gasteiger partial charge in [-0.3, -0.25) is 9.59 Å². The van der Waals surface area contributed by atoms with Crippen LogP contribution in [0.3, 0.4) is 0 Å². The fraction of sp³-hybridized carbons (Fsp3) is 0.536. The van der Waals surface area contributed by atoms with E-state index in [1.165, 1.54) is 12.8 Å². The number of nitrogens with zero attached hydrogens (tertiary/aromatic N) is 2. The standard InChI is InChI=1S/C28H35ClN4O3/c1-28(2,36-24-11-8-19(29)13-23(24)17-5-3-4-6-17)27(35)32-20-14-21-9-10-22(15-20)33(21)25-12-7-18(16-31-25)26(30)34/h7-8,11-13,16-17,20-22H,3-6,9-10,14-15H2,1-2H3,(H2,30,34)(H,32,35)/t20-,21+,22-. The molecule has 2 amide bonds. The van der Waals surface area contributed by atoms with Crippen LogP contribution in [-0.4, -0.2) is 40.5 Å². The second-order valence-corrected chi connectivity index (χ2v) is 11.4. The summed E-state index contributed by atoms with van der Waals surface area (Å²) in [7, 11) is 0. The Balaban J connectivity index is 1.24. The van der Waals surface area contributed by atoms with E-state index in [0.717, 1.165) is 55.7 Å². The number of primary amides is 1. The second kappa shape index (κ2) is 9.92. The first-order valence-electron chi connectivity index (χ1n) is 13.0. The van der Waals surface area contributed by atoms with E-state index in [1.54, 1.807) is 12.3 Å². The van der Waals surface area contributed by atoms with E-state index in [9.17, 15) is 9.59 Å². The van der Waals surface area contributed by atoms with E-state index < -0.39 is 11.5 Å². The van der Waals surface area contributed by atoms with Crippen molar-refractivity contribution in [1.29, 1.82) is 0 Å². The molecule has 1 saturated carbocycles. The first-order valence-corrected chi connectivity index (χ1v) is 13.4. The van der Waals surface area contributed by atoms with Crippen molar-refractivity contribution in [3.8, 4) is 5.75 Å². The lowest BCUT2D eigenvalue weighted by Crippen LogP contribution is -2.55. The smallest absolute Gasteiger partial charge is 0.263 e. The molecule has 5 rings (SSSR count). The summed E-state index contributed by atoms with van der Waals surface area (Å²) in [4.78, 5) is 31.6. The Morgan fingerprint density at radius 2 is 1.78 bits per heavy atom. The molecule has 0 unspecified atom stereocenters. The number of hydrogen-bond acceptors (Lipinski definition) is 5. The third-order valence-electron chi connectivity index (χ3n) is 8.04. The van der Waals surface area contributed by atoms with Crippen LogP contribution >= 0.6 is 11.6 Å². The number of hydrogen-bond donors (Lipinski definition) is 2. The molecule has 192 valence electrons. The normalized spacial score (nSPS) is 24.1. The van der Waals surface area contributed by atoms with E-state index in [-0.39, 0.29) is 11.9 Å². The molecular weight excluding hydrogens is 476 g/mol. The first-order chi connectivity index (χ1) is 17.2. The molecule has 2 aliphatic heterocycles. The van der Waals surface area contributed by atoms with Crippen molar-refractivity contribution < 1.29 is 14.3 Å². The Morgan fingerprint density at radius 3 is 2.39 bits per heavy atom. The molecule has 0 spiro atoms. The fourth-order valence-electron chi connectivity index (χ4n) is 6.20. The summed E-state index contributed by atoms with van der Waals surface area (Å²) in [5, 5.41) is 3.98. The fourth-order valence-corrected chi connectivity index (χ4v) is 6.38. The number of aromatic nitrogens is 1. The maximum Gasteiger partial charge on any atom is 0.263 e. The number of rotatable bonds is 7. The number of nitrogens with two attached hydrogens (primary N) is 1. The zero-order chi connectivity index (χ0) is 25.4. The van der Waals surface area contributed by atoms with Crippen LogP contribution in [0.5, 0.6) is 5.75 Å². The highest BCUT2D eigenvalue weighted by Gasteiger charge is 2.43. The average Bonchev–Trinajstić information content (AvgIpc) is 3.47. The molecule has 2 aromatic rings. The Bertz CT molecular complexity index is 1120. The molecule has 3 N–H and O–H groups in total. The molecule has 2 bridgehead atoms. The van der Waals surface area contributed by atoms with Gasteiger partial charge in [0.2, 0.25) is 5.91 Å². The molecule has 1 aromatic carbocycles. The number of ether oxygens (including phenoxy) is 1. The van der Waals surface area contributed by atoms with Gasteiger partial charge in [-0.05, 0) is 94.2 Å². The predicted molar refractivity (Wildman–Crippen MR) is 141 cm³/mol. The highest BCUT2D eigenvalue weighted by atomic mass is 35.5. The van der Waals surface area contributed by atoms with Gasteiger partial charge in [0.15, 0.2) is 5.60 Å². The van der Waals surface area contributed by atoms with Gasteiger partial charge in [-0.2, -0.15) is 0 Å². The number of amides is 2. The molecule has 8 heteroatoms. The summed E-state index contributed by atoms with van der Waals surface area (Å²) in [5.74, 6) is 1.48. The van der Waals surface area contributed by atoms with E-state index in [4.69, 9.17) is 22.1 Å². The van der Waals surface area contributed by atoms with Crippen molar-refractivity contribution in [2.24, 2.45) is 5.73 Å². The predicted octanol–water partition coefficient (Wildman–Crippen LogP) is 4.97. The van der Waals surface area contributed by atoms with Gasteiger partial charge >= 0.3 is 0 Å². The van der Waals surface area contributed by atoms with Gasteiger partial charge in [0.25, 0.3) is 5.91 Å². The number of piperidine rings is 1. The van der Waals surface area contributed by atoms with Crippen molar-refractivity contribution in [2.45, 2.75) is 94.9 Å². The second-order valence-electron chi connectivity index (χ2n) is 11.0. The summed E-state index contributed by atoms with van der Waals surface area (Å²) >= 11 is 6.30. The van der Waals surface area contributed by atoms with Crippen LogP contribution in [0.25, 0.3) is 0 Å². The number of fused-ring (bicyclic) bond motifs is 2. The third-order valence-corrected chi connectivity index (χ3v) is 8.28. The maximum atomic E-state index is 13.4. The van der Waals surface area contributed by atoms with Crippen LogP contribution in [0.2, 0.25) is 5.02 Å². The lowest BCUT2D eigenvalue weighted by molar-refractivity contribution is -0.135. The van der Waals surface area contributed by atoms with E-state index in [0.29, 0.717) is 28.6 Å². The molecule has 2 saturated heterocycles. The molecule has 3 heterocycles. The quantitative estimate of drug-likeness (QED) is 0.548. The van der Waals surface area contributed by atoms with Gasteiger partial charge in [-0.1, -0.05) is 24.4 Å². The van der Waals surface area contributed by atoms with E-state index in [2.05, 4.69) is 15.2 Å². The monoisotopic (exact) mass is 510 g/mol. The van der Waals surface area contributed by atoms with Crippen LogP contribution in [0.1, 0.15) is 87.1 Å². The molecule has 3 aliphatic rings. The number of carbonyl (C=O) groups excluding carboxylic acids is 2. The summed E-state index contributed by atoms with van der Waals surface area (Å²) in [5.41, 5.74) is 5.87. The molecule has 7 nitrogen and oxygen atoms in total. The minimum atomic E-state index is -1.01. The zero-order valence-corrected chi connectivity index (χ0v) is 21.8. The molecule has 3 atom stereocenters. The number of halogens is 1. The molecule has 1 aliphatic carbocycles. The van der Waals surface area contributed by atoms with Crippen LogP contribution in [0, 0.1) is 0 Å². The third kappa shape index (κ3) is 5.03. The first kappa shape index (κ1) is 24.9. The zero-order valence-electron chi connectivity index (χ0n) is 21.0. The van der Waals surface area contributed by atoms with Crippen LogP contribution < -0.4 is 20.7 Å². The largest absolute Gasteiger partial charge is 0.478 e. The van der Waals surface area contributed by atoms with Crippen LogP contribution in [0.15, 0.2) is 36.5 Å². The van der Waals surface area contributed by atoms with Crippen molar-refractivity contribution >= 4 is 29.2 Å². The number of anilines is 1. The SMILES string of the molecule is CC(C)(Oc1ccc(Cl)cc1C1CCCC1)C(=O)N[C@H]1C[C@H]2CC[C@@H](C1)N2c1ccc(C(N)=O)cn1. The Hall–Kier alpha value is -2.80. The van der Waals surface area contributed by atoms with Gasteiger partial charge in [-0.15, -0.1) is 0 Å². The maximum absolute atomic E-state index is 13.4. The van der Waals surface area contributed by atoms with Gasteiger partial charge < -0.3 is 20.7 Å². The van der Waals surface area contributed by atoms with Gasteiger partial charge in [0.1, 0.15) is 11.6 Å². The van der Waals surface area contributed by atoms with E-state index >= 15 is 0 Å². The number of pyridine rings is 1. The van der Waals surface area contributed by atoms with Crippen molar-refractivity contribution in [3.63, 3.8) is 0 Å². The van der Waals surface area contributed by atoms with Gasteiger partial charge in [0.05, 0.1) is 5.56 Å². The lowest BCUT2D eigenvalue weighted by Gasteiger charge is -2.41. The van der Waals surface area contributed by atoms with Crippen molar-refractivity contribution in [2.75, 3.05) is 4.90 Å². The minimum absolute atomic E-state index is 0.0820. The lowest BCUT2D eigenvalue weighted by atomic mass is 9.95. The summed E-state index contributed by atoms with van der Waals surface area (Å²) < 4.78 is 6.37. The van der Waals surface area contributed by atoms with Crippen molar-refractivity contribution in [3.05, 3.63) is 52.7 Å². The van der Waals surface area contributed by atoms with Gasteiger partial charge in [-0.25, -0.2) is 4.98 Å². The summed E-state index contributed by atoms with van der Waals surface area (Å²) in [6.07, 6.45) is 10.1. The molecule has 3 fully saturated rings. The Morgan fingerprint density at radius 1 is 1.08 bits per heavy atom. The summed E-state index contributed by atoms with van der Waals surface area (Å²) in [6.45, 7) is 3.67.